The van der Waals surface area contributed by atoms with Crippen molar-refractivity contribution in [1.82, 2.24) is 9.78 Å². The highest BCUT2D eigenvalue weighted by molar-refractivity contribution is 6.32. The second-order valence-corrected chi connectivity index (χ2v) is 7.12. The number of aryl methyl sites for hydroxylation is 1. The van der Waals surface area contributed by atoms with E-state index in [2.05, 4.69) is 23.7 Å². The van der Waals surface area contributed by atoms with Crippen LogP contribution in [0.3, 0.4) is 0 Å². The summed E-state index contributed by atoms with van der Waals surface area (Å²) < 4.78 is 16.1. The van der Waals surface area contributed by atoms with Gasteiger partial charge < -0.3 is 0 Å². The van der Waals surface area contributed by atoms with Gasteiger partial charge in [-0.25, -0.2) is 9.07 Å². The number of aliphatic imine (C=N–C) groups is 1. The van der Waals surface area contributed by atoms with E-state index in [0.717, 1.165) is 40.6 Å². The third-order valence-corrected chi connectivity index (χ3v) is 5.03. The fourth-order valence-electron chi connectivity index (χ4n) is 3.30. The minimum Gasteiger partial charge on any atom is -0.264 e. The van der Waals surface area contributed by atoms with Crippen LogP contribution in [0.1, 0.15) is 29.7 Å². The minimum atomic E-state index is -0.386. The third kappa shape index (κ3) is 3.32. The Morgan fingerprint density at radius 3 is 2.89 bits per heavy atom. The van der Waals surface area contributed by atoms with Crippen LogP contribution in [0, 0.1) is 12.7 Å². The number of allylic oxidation sites excluding steroid dienone is 3. The van der Waals surface area contributed by atoms with Crippen LogP contribution in [0.25, 0.3) is 28.2 Å². The minimum absolute atomic E-state index is 0.364. The van der Waals surface area contributed by atoms with Gasteiger partial charge in [0.25, 0.3) is 0 Å². The van der Waals surface area contributed by atoms with Gasteiger partial charge in [0.05, 0.1) is 16.2 Å². The Balaban J connectivity index is 1.98. The third-order valence-electron chi connectivity index (χ3n) is 4.73. The summed E-state index contributed by atoms with van der Waals surface area (Å²) in [6.07, 6.45) is 11.1. The van der Waals surface area contributed by atoms with E-state index in [4.69, 9.17) is 16.7 Å². The van der Waals surface area contributed by atoms with E-state index in [9.17, 15) is 4.39 Å². The van der Waals surface area contributed by atoms with Crippen LogP contribution in [0.2, 0.25) is 5.02 Å². The van der Waals surface area contributed by atoms with Gasteiger partial charge in [-0.3, -0.25) is 4.99 Å². The average Bonchev–Trinajstić information content (AvgIpc) is 3.01. The van der Waals surface area contributed by atoms with E-state index in [-0.39, 0.29) is 5.82 Å². The van der Waals surface area contributed by atoms with Crippen LogP contribution in [0.4, 0.5) is 4.39 Å². The molecule has 0 atom stereocenters. The topological polar surface area (TPSA) is 30.2 Å². The smallest absolute Gasteiger partial charge is 0.132 e. The summed E-state index contributed by atoms with van der Waals surface area (Å²) in [6, 6.07) is 9.05. The summed E-state index contributed by atoms with van der Waals surface area (Å²) in [5.41, 5.74) is 4.59. The molecule has 1 aromatic heterocycles. The van der Waals surface area contributed by atoms with Crippen LogP contribution < -0.4 is 0 Å². The van der Waals surface area contributed by atoms with Crippen LogP contribution in [-0.4, -0.2) is 16.0 Å². The second kappa shape index (κ2) is 7.56. The first-order valence-electron chi connectivity index (χ1n) is 9.08. The maximum Gasteiger partial charge on any atom is 0.132 e. The van der Waals surface area contributed by atoms with E-state index in [1.165, 1.54) is 12.1 Å². The first-order chi connectivity index (χ1) is 13.6. The molecule has 0 spiro atoms. The summed E-state index contributed by atoms with van der Waals surface area (Å²) in [4.78, 5) is 4.33. The van der Waals surface area contributed by atoms with E-state index in [0.29, 0.717) is 16.3 Å². The fraction of sp³-hybridized carbons (Fsp3) is 0.130. The molecule has 0 radical (unpaired) electrons. The molecule has 3 aromatic rings. The van der Waals surface area contributed by atoms with Crippen molar-refractivity contribution in [2.45, 2.75) is 19.8 Å². The molecule has 0 saturated heterocycles. The van der Waals surface area contributed by atoms with Crippen molar-refractivity contribution in [3.8, 4) is 5.69 Å². The van der Waals surface area contributed by atoms with Crippen molar-refractivity contribution < 1.29 is 4.39 Å². The molecule has 5 heteroatoms. The Labute approximate surface area is 168 Å². The molecule has 0 bridgehead atoms. The molecular formula is C23H19ClFN3. The molecule has 0 amide bonds. The number of hydrogen-bond acceptors (Lipinski definition) is 2. The molecule has 0 unspecified atom stereocenters. The Hall–Kier alpha value is -2.98. The second-order valence-electron chi connectivity index (χ2n) is 6.71. The largest absolute Gasteiger partial charge is 0.264 e. The zero-order valence-corrected chi connectivity index (χ0v) is 16.2. The Bertz CT molecular complexity index is 1170. The van der Waals surface area contributed by atoms with Crippen molar-refractivity contribution in [3.63, 3.8) is 0 Å². The van der Waals surface area contributed by atoms with Gasteiger partial charge in [0.2, 0.25) is 0 Å². The number of nitrogens with zero attached hydrogens (tertiary/aromatic N) is 3. The lowest BCUT2D eigenvalue weighted by molar-refractivity contribution is 0.623. The van der Waals surface area contributed by atoms with Gasteiger partial charge in [-0.15, -0.1) is 0 Å². The van der Waals surface area contributed by atoms with Crippen molar-refractivity contribution >= 4 is 40.4 Å². The van der Waals surface area contributed by atoms with Crippen LogP contribution in [-0.2, 0) is 0 Å². The molecule has 3 nitrogen and oxygen atoms in total. The van der Waals surface area contributed by atoms with Crippen LogP contribution in [0.5, 0.6) is 0 Å². The molecule has 1 aliphatic rings. The summed E-state index contributed by atoms with van der Waals surface area (Å²) >= 11 is 6.46. The number of halogens is 2. The highest BCUT2D eigenvalue weighted by Crippen LogP contribution is 2.32. The quantitative estimate of drug-likeness (QED) is 0.499. The first-order valence-corrected chi connectivity index (χ1v) is 9.46. The maximum absolute atomic E-state index is 14.4. The molecular weight excluding hydrogens is 373 g/mol. The van der Waals surface area contributed by atoms with Gasteiger partial charge in [-0.1, -0.05) is 48.0 Å². The maximum atomic E-state index is 14.4. The van der Waals surface area contributed by atoms with E-state index >= 15 is 0 Å². The lowest BCUT2D eigenvalue weighted by Gasteiger charge is -2.08. The van der Waals surface area contributed by atoms with E-state index in [1.54, 1.807) is 16.9 Å². The van der Waals surface area contributed by atoms with Crippen molar-refractivity contribution in [1.29, 1.82) is 0 Å². The zero-order valence-electron chi connectivity index (χ0n) is 15.5. The predicted molar refractivity (Wildman–Crippen MR) is 116 cm³/mol. The Morgan fingerprint density at radius 2 is 2.07 bits per heavy atom. The summed E-state index contributed by atoms with van der Waals surface area (Å²) in [7, 11) is 0. The monoisotopic (exact) mass is 391 g/mol. The highest BCUT2D eigenvalue weighted by atomic mass is 35.5. The molecule has 0 saturated carbocycles. The Morgan fingerprint density at radius 1 is 1.21 bits per heavy atom. The molecule has 28 heavy (non-hydrogen) atoms. The number of fused-ring (bicyclic) bond motifs is 1. The van der Waals surface area contributed by atoms with Crippen molar-refractivity contribution in [2.24, 2.45) is 4.99 Å². The molecule has 4 rings (SSSR count). The number of benzene rings is 2. The predicted octanol–water partition coefficient (Wildman–Crippen LogP) is 6.53. The molecule has 140 valence electrons. The normalized spacial score (nSPS) is 18.2. The number of aromatic nitrogens is 2. The van der Waals surface area contributed by atoms with Gasteiger partial charge >= 0.3 is 0 Å². The Kier molecular flexibility index (Phi) is 4.97. The summed E-state index contributed by atoms with van der Waals surface area (Å²) in [5, 5.41) is 6.20. The zero-order chi connectivity index (χ0) is 19.7. The molecule has 1 aliphatic heterocycles. The molecule has 2 aromatic carbocycles. The van der Waals surface area contributed by atoms with Crippen LogP contribution >= 0.6 is 11.6 Å². The molecule has 0 fully saturated rings. The summed E-state index contributed by atoms with van der Waals surface area (Å²) in [5.74, 6) is -0.386. The fourth-order valence-corrected chi connectivity index (χ4v) is 3.56. The average molecular weight is 392 g/mol. The van der Waals surface area contributed by atoms with Gasteiger partial charge in [0, 0.05) is 35.0 Å². The van der Waals surface area contributed by atoms with Crippen molar-refractivity contribution in [2.75, 3.05) is 0 Å². The lowest BCUT2D eigenvalue weighted by atomic mass is 10.0. The van der Waals surface area contributed by atoms with Gasteiger partial charge in [-0.2, -0.15) is 5.10 Å². The number of hydrogen-bond donors (Lipinski definition) is 0. The number of rotatable bonds is 3. The first kappa shape index (κ1) is 18.4. The SMILES string of the molecule is C=Cc1cc(Cl)c(-n2nc(C3=C/CC/C=C/N=C\3)c3cc(C)ccc32)cc1F. The molecule has 2 heterocycles. The highest BCUT2D eigenvalue weighted by Gasteiger charge is 2.18. The lowest BCUT2D eigenvalue weighted by Crippen LogP contribution is -2.00. The van der Waals surface area contributed by atoms with Crippen molar-refractivity contribution in [3.05, 3.63) is 82.9 Å². The van der Waals surface area contributed by atoms with Gasteiger partial charge in [0.15, 0.2) is 0 Å². The van der Waals surface area contributed by atoms with E-state index < -0.39 is 0 Å². The van der Waals surface area contributed by atoms with Crippen LogP contribution in [0.15, 0.2) is 60.3 Å². The molecule has 0 N–H and O–H groups in total. The summed E-state index contributed by atoms with van der Waals surface area (Å²) in [6.45, 7) is 5.67. The standard InChI is InChI=1S/C23H19ClFN3/c1-3-16-12-19(24)22(13-20(16)25)28-21-9-8-15(2)11-18(21)23(27-28)17-7-5-4-6-10-26-14-17/h3,6-14H,1,4-5H2,2H3/b10-6+,17-7+,26-14-. The molecule has 0 aliphatic carbocycles. The van der Waals surface area contributed by atoms with Gasteiger partial charge in [-0.05, 0) is 38.0 Å². The van der Waals surface area contributed by atoms with Gasteiger partial charge in [0.1, 0.15) is 11.5 Å². The van der Waals surface area contributed by atoms with E-state index in [1.807, 2.05) is 31.3 Å².